The summed E-state index contributed by atoms with van der Waals surface area (Å²) in [6.45, 7) is 0. The maximum absolute atomic E-state index is 13.4. The number of aromatic nitrogens is 2. The van der Waals surface area contributed by atoms with Crippen molar-refractivity contribution < 1.29 is 8.91 Å². The number of anilines is 1. The summed E-state index contributed by atoms with van der Waals surface area (Å²) in [7, 11) is 3.51. The van der Waals surface area contributed by atoms with Gasteiger partial charge in [-0.25, -0.2) is 4.39 Å². The van der Waals surface area contributed by atoms with Gasteiger partial charge >= 0.3 is 0 Å². The monoisotopic (exact) mass is 232 g/mol. The van der Waals surface area contributed by atoms with Crippen LogP contribution in [-0.4, -0.2) is 24.2 Å². The Kier molecular flexibility index (Phi) is 2.75. The number of benzene rings is 1. The molecule has 0 saturated carbocycles. The summed E-state index contributed by atoms with van der Waals surface area (Å²) in [6.07, 6.45) is 0. The molecular formula is C11H9FN4O. The fraction of sp³-hybridized carbons (Fsp3) is 0.182. The number of hydrogen-bond donors (Lipinski definition) is 0. The van der Waals surface area contributed by atoms with Gasteiger partial charge in [0.05, 0.1) is 5.56 Å². The summed E-state index contributed by atoms with van der Waals surface area (Å²) in [5, 5.41) is 12.6. The van der Waals surface area contributed by atoms with E-state index in [-0.39, 0.29) is 11.5 Å². The summed E-state index contributed by atoms with van der Waals surface area (Å²) in [5.74, 6) is -0.104. The average molecular weight is 232 g/mol. The van der Waals surface area contributed by atoms with Crippen molar-refractivity contribution in [1.82, 2.24) is 10.1 Å². The third-order valence-corrected chi connectivity index (χ3v) is 2.17. The molecule has 0 amide bonds. The van der Waals surface area contributed by atoms with Gasteiger partial charge in [0.1, 0.15) is 17.4 Å². The quantitative estimate of drug-likeness (QED) is 0.790. The number of nitrogens with zero attached hydrogens (tertiary/aromatic N) is 4. The van der Waals surface area contributed by atoms with Crippen molar-refractivity contribution in [2.45, 2.75) is 0 Å². The lowest BCUT2D eigenvalue weighted by molar-refractivity contribution is 0.430. The van der Waals surface area contributed by atoms with Gasteiger partial charge in [-0.1, -0.05) is 6.07 Å². The molecule has 86 valence electrons. The first-order chi connectivity index (χ1) is 8.13. The molecule has 6 heteroatoms. The summed E-state index contributed by atoms with van der Waals surface area (Å²) < 4.78 is 18.4. The van der Waals surface area contributed by atoms with Crippen molar-refractivity contribution in [3.05, 3.63) is 29.6 Å². The molecule has 0 aliphatic heterocycles. The van der Waals surface area contributed by atoms with Gasteiger partial charge in [-0.3, -0.25) is 0 Å². The summed E-state index contributed by atoms with van der Waals surface area (Å²) in [6, 6.07) is 6.05. The third-order valence-electron chi connectivity index (χ3n) is 2.17. The molecule has 17 heavy (non-hydrogen) atoms. The Morgan fingerprint density at radius 2 is 2.18 bits per heavy atom. The van der Waals surface area contributed by atoms with Gasteiger partial charge in [0, 0.05) is 14.1 Å². The topological polar surface area (TPSA) is 66.0 Å². The molecular weight excluding hydrogens is 223 g/mol. The maximum Gasteiger partial charge on any atom is 0.265 e. The summed E-state index contributed by atoms with van der Waals surface area (Å²) >= 11 is 0. The third kappa shape index (κ3) is 1.95. The Morgan fingerprint density at radius 3 is 2.76 bits per heavy atom. The van der Waals surface area contributed by atoms with Crippen LogP contribution >= 0.6 is 0 Å². The van der Waals surface area contributed by atoms with E-state index in [0.717, 1.165) is 0 Å². The van der Waals surface area contributed by atoms with Gasteiger partial charge in [-0.2, -0.15) is 10.2 Å². The van der Waals surface area contributed by atoms with Crippen LogP contribution < -0.4 is 4.90 Å². The highest BCUT2D eigenvalue weighted by atomic mass is 19.1. The molecule has 0 N–H and O–H groups in total. The van der Waals surface area contributed by atoms with E-state index in [9.17, 15) is 4.39 Å². The van der Waals surface area contributed by atoms with Gasteiger partial charge in [-0.15, -0.1) is 0 Å². The molecule has 5 nitrogen and oxygen atoms in total. The van der Waals surface area contributed by atoms with Gasteiger partial charge < -0.3 is 9.42 Å². The lowest BCUT2D eigenvalue weighted by Crippen LogP contribution is -2.10. The van der Waals surface area contributed by atoms with E-state index >= 15 is 0 Å². The van der Waals surface area contributed by atoms with Crippen LogP contribution in [0.25, 0.3) is 11.5 Å². The van der Waals surface area contributed by atoms with Crippen LogP contribution in [0.2, 0.25) is 0 Å². The summed E-state index contributed by atoms with van der Waals surface area (Å²) in [5.41, 5.74) is 0.203. The van der Waals surface area contributed by atoms with Gasteiger partial charge in [0.15, 0.2) is 0 Å². The van der Waals surface area contributed by atoms with Crippen molar-refractivity contribution in [1.29, 1.82) is 5.26 Å². The predicted molar refractivity (Wildman–Crippen MR) is 58.7 cm³/mol. The number of halogens is 1. The van der Waals surface area contributed by atoms with E-state index in [1.165, 1.54) is 12.1 Å². The molecule has 1 aromatic heterocycles. The van der Waals surface area contributed by atoms with Gasteiger partial charge in [0.2, 0.25) is 0 Å². The smallest absolute Gasteiger partial charge is 0.265 e. The first kappa shape index (κ1) is 11.1. The van der Waals surface area contributed by atoms with Gasteiger partial charge in [0.25, 0.3) is 11.8 Å². The molecule has 0 aliphatic carbocycles. The Balaban J connectivity index is 2.53. The minimum absolute atomic E-state index is 0.0959. The fourth-order valence-corrected chi connectivity index (χ4v) is 1.32. The highest BCUT2D eigenvalue weighted by Gasteiger charge is 2.16. The second kappa shape index (κ2) is 4.22. The SMILES string of the molecule is CN(C)c1noc(-c2cccc(F)c2C#N)n1. The van der Waals surface area contributed by atoms with E-state index in [1.807, 2.05) is 0 Å². The fourth-order valence-electron chi connectivity index (χ4n) is 1.32. The maximum atomic E-state index is 13.4. The normalized spacial score (nSPS) is 10.0. The average Bonchev–Trinajstić information content (AvgIpc) is 2.77. The largest absolute Gasteiger partial charge is 0.344 e. The molecule has 1 heterocycles. The predicted octanol–water partition coefficient (Wildman–Crippen LogP) is 1.81. The van der Waals surface area contributed by atoms with Crippen molar-refractivity contribution in [2.75, 3.05) is 19.0 Å². The zero-order valence-electron chi connectivity index (χ0n) is 9.31. The standard InChI is InChI=1S/C11H9FN4O/c1-16(2)11-14-10(17-15-11)7-4-3-5-9(12)8(7)6-13/h3-5H,1-2H3. The zero-order valence-corrected chi connectivity index (χ0v) is 9.31. The lowest BCUT2D eigenvalue weighted by atomic mass is 10.1. The van der Waals surface area contributed by atoms with Crippen molar-refractivity contribution >= 4 is 5.95 Å². The minimum atomic E-state index is -0.602. The van der Waals surface area contributed by atoms with Crippen LogP contribution in [0.15, 0.2) is 22.7 Å². The van der Waals surface area contributed by atoms with Crippen LogP contribution in [-0.2, 0) is 0 Å². The molecule has 0 spiro atoms. The second-order valence-corrected chi connectivity index (χ2v) is 3.57. The summed E-state index contributed by atoms with van der Waals surface area (Å²) in [4.78, 5) is 5.71. The number of rotatable bonds is 2. The molecule has 2 rings (SSSR count). The molecule has 0 fully saturated rings. The first-order valence-corrected chi connectivity index (χ1v) is 4.83. The van der Waals surface area contributed by atoms with Crippen molar-refractivity contribution in [2.24, 2.45) is 0 Å². The highest BCUT2D eigenvalue weighted by Crippen LogP contribution is 2.24. The van der Waals surface area contributed by atoms with E-state index in [2.05, 4.69) is 10.1 Å². The van der Waals surface area contributed by atoms with E-state index in [1.54, 1.807) is 31.1 Å². The molecule has 0 aliphatic rings. The number of hydrogen-bond acceptors (Lipinski definition) is 5. The Bertz CT molecular complexity index is 585. The van der Waals surface area contributed by atoms with E-state index < -0.39 is 5.82 Å². The van der Waals surface area contributed by atoms with Crippen LogP contribution in [0.3, 0.4) is 0 Å². The van der Waals surface area contributed by atoms with E-state index in [4.69, 9.17) is 9.78 Å². The molecule has 0 saturated heterocycles. The Hall–Kier alpha value is -2.42. The van der Waals surface area contributed by atoms with Crippen LogP contribution in [0.5, 0.6) is 0 Å². The highest BCUT2D eigenvalue weighted by molar-refractivity contribution is 5.64. The van der Waals surface area contributed by atoms with Crippen LogP contribution in [0.4, 0.5) is 10.3 Å². The molecule has 1 aromatic carbocycles. The van der Waals surface area contributed by atoms with Gasteiger partial charge in [-0.05, 0) is 17.3 Å². The lowest BCUT2D eigenvalue weighted by Gasteiger charge is -2.02. The first-order valence-electron chi connectivity index (χ1n) is 4.83. The molecule has 0 unspecified atom stereocenters. The molecule has 2 aromatic rings. The second-order valence-electron chi connectivity index (χ2n) is 3.57. The number of nitriles is 1. The molecule has 0 atom stereocenters. The van der Waals surface area contributed by atoms with Crippen LogP contribution in [0.1, 0.15) is 5.56 Å². The zero-order chi connectivity index (χ0) is 12.4. The molecule has 0 radical (unpaired) electrons. The Morgan fingerprint density at radius 1 is 1.41 bits per heavy atom. The Labute approximate surface area is 97.1 Å². The van der Waals surface area contributed by atoms with Crippen molar-refractivity contribution in [3.8, 4) is 17.5 Å². The molecule has 0 bridgehead atoms. The van der Waals surface area contributed by atoms with Crippen LogP contribution in [0, 0.1) is 17.1 Å². The van der Waals surface area contributed by atoms with Crippen molar-refractivity contribution in [3.63, 3.8) is 0 Å². The van der Waals surface area contributed by atoms with E-state index in [0.29, 0.717) is 11.5 Å². The minimum Gasteiger partial charge on any atom is -0.344 e.